The Bertz CT molecular complexity index is 368. The number of nitrogens with one attached hydrogen (secondary N) is 2. The van der Waals surface area contributed by atoms with E-state index < -0.39 is 17.7 Å². The average molecular weight is 246 g/mol. The normalized spacial score (nSPS) is 23.4. The lowest BCUT2D eigenvalue weighted by Crippen LogP contribution is -2.48. The van der Waals surface area contributed by atoms with E-state index in [1.165, 1.54) is 0 Å². The fourth-order valence-corrected chi connectivity index (χ4v) is 1.76. The molecule has 1 atom stereocenters. The van der Waals surface area contributed by atoms with Gasteiger partial charge in [0.25, 0.3) is 5.92 Å². The molecular weight excluding hydrogens is 233 g/mol. The van der Waals surface area contributed by atoms with Crippen molar-refractivity contribution in [3.8, 4) is 0 Å². The van der Waals surface area contributed by atoms with E-state index in [1.807, 2.05) is 0 Å². The van der Waals surface area contributed by atoms with E-state index >= 15 is 0 Å². The summed E-state index contributed by atoms with van der Waals surface area (Å²) in [7, 11) is 0. The maximum absolute atomic E-state index is 13.4. The zero-order valence-corrected chi connectivity index (χ0v) is 9.09. The van der Waals surface area contributed by atoms with Gasteiger partial charge in [-0.2, -0.15) is 0 Å². The molecule has 2 heterocycles. The largest absolute Gasteiger partial charge is 0.354 e. The number of rotatable bonds is 3. The van der Waals surface area contributed by atoms with E-state index in [4.69, 9.17) is 0 Å². The Balaban J connectivity index is 1.91. The molecule has 1 aliphatic heterocycles. The van der Waals surface area contributed by atoms with Gasteiger partial charge in [-0.15, -0.1) is 0 Å². The molecule has 1 aromatic heterocycles. The first-order valence-electron chi connectivity index (χ1n) is 5.38. The van der Waals surface area contributed by atoms with Crippen molar-refractivity contribution in [1.29, 1.82) is 0 Å². The van der Waals surface area contributed by atoms with E-state index in [1.54, 1.807) is 0 Å². The lowest BCUT2D eigenvalue weighted by molar-refractivity contribution is -0.0678. The molecule has 0 aliphatic carbocycles. The summed E-state index contributed by atoms with van der Waals surface area (Å²) in [4.78, 5) is 7.31. The molecule has 4 nitrogen and oxygen atoms in total. The van der Waals surface area contributed by atoms with E-state index in [-0.39, 0.29) is 19.0 Å². The molecule has 0 amide bonds. The molecule has 0 spiro atoms. The number of hydrogen-bond donors (Lipinski definition) is 2. The van der Waals surface area contributed by atoms with Crippen molar-refractivity contribution < 1.29 is 13.2 Å². The third-order valence-electron chi connectivity index (χ3n) is 2.75. The summed E-state index contributed by atoms with van der Waals surface area (Å²) in [5.74, 6) is -3.87. The second-order valence-corrected chi connectivity index (χ2v) is 4.03. The van der Waals surface area contributed by atoms with Gasteiger partial charge in [0, 0.05) is 12.5 Å². The minimum atomic E-state index is -2.73. The van der Waals surface area contributed by atoms with Crippen molar-refractivity contribution >= 4 is 5.95 Å². The van der Waals surface area contributed by atoms with Crippen LogP contribution in [-0.2, 0) is 0 Å². The minimum absolute atomic E-state index is 0.0836. The second kappa shape index (κ2) is 4.87. The number of anilines is 1. The molecule has 2 N–H and O–H groups in total. The van der Waals surface area contributed by atoms with Crippen molar-refractivity contribution in [2.75, 3.05) is 25.0 Å². The maximum atomic E-state index is 13.4. The molecule has 94 valence electrons. The molecule has 7 heteroatoms. The second-order valence-electron chi connectivity index (χ2n) is 4.03. The SMILES string of the molecule is Fc1cnc(NC[C@H]2CCNCC2(F)F)nc1. The average Bonchev–Trinajstić information content (AvgIpc) is 2.29. The highest BCUT2D eigenvalue weighted by molar-refractivity contribution is 5.22. The van der Waals surface area contributed by atoms with E-state index in [0.717, 1.165) is 12.4 Å². The van der Waals surface area contributed by atoms with Crippen LogP contribution in [0.1, 0.15) is 6.42 Å². The third kappa shape index (κ3) is 3.06. The highest BCUT2D eigenvalue weighted by atomic mass is 19.3. The van der Waals surface area contributed by atoms with Crippen LogP contribution in [0, 0.1) is 11.7 Å². The van der Waals surface area contributed by atoms with Gasteiger partial charge in [0.2, 0.25) is 5.95 Å². The fraction of sp³-hybridized carbons (Fsp3) is 0.600. The van der Waals surface area contributed by atoms with E-state index in [9.17, 15) is 13.2 Å². The molecule has 1 aliphatic rings. The molecule has 1 fully saturated rings. The molecule has 0 unspecified atom stereocenters. The Morgan fingerprint density at radius 1 is 1.41 bits per heavy atom. The van der Waals surface area contributed by atoms with Gasteiger partial charge in [0.15, 0.2) is 5.82 Å². The molecule has 0 radical (unpaired) electrons. The first kappa shape index (κ1) is 12.1. The summed E-state index contributed by atoms with van der Waals surface area (Å²) >= 11 is 0. The molecule has 0 saturated carbocycles. The zero-order chi connectivity index (χ0) is 12.3. The summed E-state index contributed by atoms with van der Waals surface area (Å²) in [5.41, 5.74) is 0. The highest BCUT2D eigenvalue weighted by Gasteiger charge is 2.41. The van der Waals surface area contributed by atoms with Crippen LogP contribution in [0.4, 0.5) is 19.1 Å². The van der Waals surface area contributed by atoms with Gasteiger partial charge < -0.3 is 10.6 Å². The summed E-state index contributed by atoms with van der Waals surface area (Å²) < 4.78 is 39.4. The number of nitrogens with zero attached hydrogens (tertiary/aromatic N) is 2. The Morgan fingerprint density at radius 3 is 2.76 bits per heavy atom. The molecule has 2 rings (SSSR count). The van der Waals surface area contributed by atoms with Crippen LogP contribution in [0.15, 0.2) is 12.4 Å². The van der Waals surface area contributed by atoms with Gasteiger partial charge >= 0.3 is 0 Å². The molecule has 0 bridgehead atoms. The van der Waals surface area contributed by atoms with Crippen LogP contribution in [0.5, 0.6) is 0 Å². The standard InChI is InChI=1S/C10H13F3N4/c11-8-4-16-9(17-5-8)15-3-7-1-2-14-6-10(7,12)13/h4-5,7,14H,1-3,6H2,(H,15,16,17)/t7-/m1/s1. The Kier molecular flexibility index (Phi) is 3.46. The number of halogens is 3. The van der Waals surface area contributed by atoms with Crippen LogP contribution in [-0.4, -0.2) is 35.5 Å². The number of hydrogen-bond acceptors (Lipinski definition) is 4. The van der Waals surface area contributed by atoms with Crippen LogP contribution < -0.4 is 10.6 Å². The number of piperidine rings is 1. The van der Waals surface area contributed by atoms with Crippen LogP contribution in [0.2, 0.25) is 0 Å². The van der Waals surface area contributed by atoms with Gasteiger partial charge in [-0.05, 0) is 13.0 Å². The molecule has 1 saturated heterocycles. The van der Waals surface area contributed by atoms with Gasteiger partial charge in [-0.1, -0.05) is 0 Å². The van der Waals surface area contributed by atoms with Crippen molar-refractivity contribution in [3.05, 3.63) is 18.2 Å². The molecule has 17 heavy (non-hydrogen) atoms. The lowest BCUT2D eigenvalue weighted by atomic mass is 9.94. The Morgan fingerprint density at radius 2 is 2.12 bits per heavy atom. The highest BCUT2D eigenvalue weighted by Crippen LogP contribution is 2.29. The fourth-order valence-electron chi connectivity index (χ4n) is 1.76. The summed E-state index contributed by atoms with van der Waals surface area (Å²) in [6, 6.07) is 0. The van der Waals surface area contributed by atoms with Gasteiger partial charge in [-0.25, -0.2) is 23.1 Å². The van der Waals surface area contributed by atoms with Crippen molar-refractivity contribution in [3.63, 3.8) is 0 Å². The first-order chi connectivity index (χ1) is 8.08. The van der Waals surface area contributed by atoms with Crippen LogP contribution in [0.3, 0.4) is 0 Å². The maximum Gasteiger partial charge on any atom is 0.264 e. The van der Waals surface area contributed by atoms with Crippen molar-refractivity contribution in [2.45, 2.75) is 12.3 Å². The minimum Gasteiger partial charge on any atom is -0.354 e. The van der Waals surface area contributed by atoms with E-state index in [0.29, 0.717) is 13.0 Å². The predicted octanol–water partition coefficient (Wildman–Crippen LogP) is 1.27. The van der Waals surface area contributed by atoms with E-state index in [2.05, 4.69) is 20.6 Å². The summed E-state index contributed by atoms with van der Waals surface area (Å²) in [6.07, 6.45) is 2.38. The topological polar surface area (TPSA) is 49.8 Å². The number of aromatic nitrogens is 2. The van der Waals surface area contributed by atoms with Gasteiger partial charge in [0.05, 0.1) is 18.9 Å². The Hall–Kier alpha value is -1.37. The molecule has 1 aromatic rings. The molecular formula is C10H13F3N4. The quantitative estimate of drug-likeness (QED) is 0.843. The summed E-state index contributed by atoms with van der Waals surface area (Å²) in [5, 5.41) is 5.35. The lowest BCUT2D eigenvalue weighted by Gasteiger charge is -2.31. The molecule has 0 aromatic carbocycles. The first-order valence-corrected chi connectivity index (χ1v) is 5.38. The van der Waals surface area contributed by atoms with Crippen molar-refractivity contribution in [2.24, 2.45) is 5.92 Å². The Labute approximate surface area is 96.7 Å². The van der Waals surface area contributed by atoms with Gasteiger partial charge in [-0.3, -0.25) is 0 Å². The van der Waals surface area contributed by atoms with Crippen LogP contribution in [0.25, 0.3) is 0 Å². The van der Waals surface area contributed by atoms with Crippen molar-refractivity contribution in [1.82, 2.24) is 15.3 Å². The summed E-state index contributed by atoms with van der Waals surface area (Å²) in [6.45, 7) is 0.357. The monoisotopic (exact) mass is 246 g/mol. The predicted molar refractivity (Wildman–Crippen MR) is 56.4 cm³/mol. The zero-order valence-electron chi connectivity index (χ0n) is 9.09. The third-order valence-corrected chi connectivity index (χ3v) is 2.75. The van der Waals surface area contributed by atoms with Crippen LogP contribution >= 0.6 is 0 Å². The van der Waals surface area contributed by atoms with Gasteiger partial charge in [0.1, 0.15) is 0 Å². The smallest absolute Gasteiger partial charge is 0.264 e. The number of alkyl halides is 2.